The Bertz CT molecular complexity index is 266. The molecule has 0 radical (unpaired) electrons. The predicted octanol–water partition coefficient (Wildman–Crippen LogP) is -0.338. The summed E-state index contributed by atoms with van der Waals surface area (Å²) in [7, 11) is 5.30. The van der Waals surface area contributed by atoms with Crippen LogP contribution < -0.4 is 5.09 Å². The molecular formula is C9H20N2O5P2. The van der Waals surface area contributed by atoms with Gasteiger partial charge in [-0.1, -0.05) is 8.93 Å². The zero-order valence-corrected chi connectivity index (χ0v) is 12.8. The molecule has 0 aromatic heterocycles. The van der Waals surface area contributed by atoms with Crippen molar-refractivity contribution < 1.29 is 24.5 Å². The van der Waals surface area contributed by atoms with Gasteiger partial charge in [-0.25, -0.2) is 19.4 Å². The Labute approximate surface area is 110 Å². The number of likely N-dealkylation sites (N-methyl/N-ethyl adjacent to an activating group) is 1. The molecule has 106 valence electrons. The van der Waals surface area contributed by atoms with Crippen LogP contribution in [0.15, 0.2) is 0 Å². The molecule has 1 aliphatic rings. The van der Waals surface area contributed by atoms with Gasteiger partial charge in [0, 0.05) is 26.9 Å². The fourth-order valence-electron chi connectivity index (χ4n) is 1.34. The van der Waals surface area contributed by atoms with Gasteiger partial charge in [0.15, 0.2) is 0 Å². The molecular weight excluding hydrogens is 278 g/mol. The molecule has 9 heteroatoms. The third-order valence-electron chi connectivity index (χ3n) is 2.02. The molecule has 0 aliphatic carbocycles. The fourth-order valence-corrected chi connectivity index (χ4v) is 2.48. The van der Waals surface area contributed by atoms with Crippen LogP contribution in [0.2, 0.25) is 0 Å². The first-order valence-electron chi connectivity index (χ1n) is 5.30. The summed E-state index contributed by atoms with van der Waals surface area (Å²) in [5.41, 5.74) is 0. The maximum Gasteiger partial charge on any atom is 0.352 e. The van der Waals surface area contributed by atoms with E-state index in [-0.39, 0.29) is 12.1 Å². The van der Waals surface area contributed by atoms with Crippen molar-refractivity contribution in [3.63, 3.8) is 0 Å². The highest BCUT2D eigenvalue weighted by atomic mass is 32.0. The summed E-state index contributed by atoms with van der Waals surface area (Å²) < 4.78 is 0. The second-order valence-electron chi connectivity index (χ2n) is 3.83. The third-order valence-corrected chi connectivity index (χ3v) is 3.05. The van der Waals surface area contributed by atoms with Gasteiger partial charge in [-0.2, -0.15) is 0 Å². The average Bonchev–Trinajstić information content (AvgIpc) is 2.56. The molecule has 1 fully saturated rings. The molecule has 1 aliphatic heterocycles. The Morgan fingerprint density at radius 2 is 1.83 bits per heavy atom. The minimum atomic E-state index is -0.639. The first-order valence-corrected chi connectivity index (χ1v) is 8.11. The molecule has 4 atom stereocenters. The molecule has 2 N–H and O–H groups in total. The third kappa shape index (κ3) is 8.72. The molecule has 0 spiro atoms. The number of carbonyl (C=O) groups is 2. The number of β-amino-alcohol motifs (C(OH)–C–C–N with tert-alkyl or cyclic N) is 1. The normalized spacial score (nSPS) is 23.6. The van der Waals surface area contributed by atoms with Gasteiger partial charge in [0.2, 0.25) is 0 Å². The predicted molar refractivity (Wildman–Crippen MR) is 72.0 cm³/mol. The second kappa shape index (κ2) is 9.59. The average molecular weight is 298 g/mol. The van der Waals surface area contributed by atoms with E-state index >= 15 is 0 Å². The largest absolute Gasteiger partial charge is 0.390 e. The maximum absolute atomic E-state index is 9.85. The van der Waals surface area contributed by atoms with Gasteiger partial charge >= 0.3 is 11.9 Å². The summed E-state index contributed by atoms with van der Waals surface area (Å²) in [5, 5.41) is 12.6. The highest BCUT2D eigenvalue weighted by Gasteiger charge is 2.27. The number of hydrogen-bond acceptors (Lipinski definition) is 7. The lowest BCUT2D eigenvalue weighted by Gasteiger charge is -2.12. The number of nitrogens with zero attached hydrogens (tertiary/aromatic N) is 1. The Hall–Kier alpha value is -0.320. The molecule has 18 heavy (non-hydrogen) atoms. The lowest BCUT2D eigenvalue weighted by atomic mass is 10.2. The number of carbonyl (C=O) groups excluding carboxylic acids is 2. The topological polar surface area (TPSA) is 88.1 Å². The van der Waals surface area contributed by atoms with E-state index in [4.69, 9.17) is 0 Å². The Kier molecular flexibility index (Phi) is 9.42. The minimum absolute atomic E-state index is 0.182. The van der Waals surface area contributed by atoms with Gasteiger partial charge in [0.25, 0.3) is 0 Å². The minimum Gasteiger partial charge on any atom is -0.390 e. The van der Waals surface area contributed by atoms with E-state index in [1.165, 1.54) is 0 Å². The molecule has 1 heterocycles. The van der Waals surface area contributed by atoms with E-state index in [9.17, 15) is 14.7 Å². The first kappa shape index (κ1) is 17.7. The van der Waals surface area contributed by atoms with Crippen LogP contribution in [0.3, 0.4) is 0 Å². The molecule has 7 nitrogen and oxygen atoms in total. The second-order valence-corrected chi connectivity index (χ2v) is 5.28. The SMILES string of the molecule is CC(=O)OOC(C)=O.CN1C[C@H](NPP)[C@@H](O)C1. The van der Waals surface area contributed by atoms with Gasteiger partial charge in [-0.15, -0.1) is 0 Å². The van der Waals surface area contributed by atoms with Crippen molar-refractivity contribution in [3.05, 3.63) is 0 Å². The molecule has 0 bridgehead atoms. The summed E-state index contributed by atoms with van der Waals surface area (Å²) in [6.07, 6.45) is -0.182. The van der Waals surface area contributed by atoms with Crippen LogP contribution in [0.4, 0.5) is 0 Å². The first-order chi connectivity index (χ1) is 8.36. The number of aliphatic hydroxyl groups is 1. The van der Waals surface area contributed by atoms with Gasteiger partial charge in [0.1, 0.15) is 0 Å². The molecule has 0 aromatic rings. The Morgan fingerprint density at radius 1 is 1.33 bits per heavy atom. The summed E-state index contributed by atoms with van der Waals surface area (Å²) in [6.45, 7) is 4.04. The van der Waals surface area contributed by atoms with Crippen molar-refractivity contribution in [2.24, 2.45) is 0 Å². The van der Waals surface area contributed by atoms with Crippen LogP contribution in [-0.2, 0) is 19.4 Å². The van der Waals surface area contributed by atoms with Crippen LogP contribution in [0.5, 0.6) is 0 Å². The maximum atomic E-state index is 9.85. The lowest BCUT2D eigenvalue weighted by Crippen LogP contribution is -2.33. The van der Waals surface area contributed by atoms with Crippen molar-refractivity contribution in [2.45, 2.75) is 26.0 Å². The summed E-state index contributed by atoms with van der Waals surface area (Å²) in [5.74, 6) is -1.28. The molecule has 1 saturated heterocycles. The molecule has 0 saturated carbocycles. The van der Waals surface area contributed by atoms with Crippen molar-refractivity contribution in [3.8, 4) is 0 Å². The number of nitrogens with one attached hydrogen (secondary N) is 1. The molecule has 0 amide bonds. The quantitative estimate of drug-likeness (QED) is 0.410. The highest BCUT2D eigenvalue weighted by Crippen LogP contribution is 2.19. The lowest BCUT2D eigenvalue weighted by molar-refractivity contribution is -0.255. The molecule has 0 aromatic carbocycles. The van der Waals surface area contributed by atoms with Crippen LogP contribution >= 0.6 is 17.3 Å². The van der Waals surface area contributed by atoms with Crippen LogP contribution in [-0.4, -0.2) is 54.2 Å². The van der Waals surface area contributed by atoms with Gasteiger partial charge < -0.3 is 10.0 Å². The molecule has 1 rings (SSSR count). The van der Waals surface area contributed by atoms with Crippen molar-refractivity contribution in [1.82, 2.24) is 9.99 Å². The summed E-state index contributed by atoms with van der Waals surface area (Å²) in [4.78, 5) is 29.5. The molecule has 2 unspecified atom stereocenters. The van der Waals surface area contributed by atoms with E-state index in [1.807, 2.05) is 7.05 Å². The monoisotopic (exact) mass is 298 g/mol. The van der Waals surface area contributed by atoms with Gasteiger partial charge in [0.05, 0.1) is 12.1 Å². The van der Waals surface area contributed by atoms with Crippen LogP contribution in [0.1, 0.15) is 13.8 Å². The fraction of sp³-hybridized carbons (Fsp3) is 0.778. The number of hydrogen-bond donors (Lipinski definition) is 2. The van der Waals surface area contributed by atoms with Crippen molar-refractivity contribution >= 4 is 29.3 Å². The standard InChI is InChI=1S/C5H14N2OP2.C4H6O4/c1-7-2-4(6-10-9)5(8)3-7;1-3(5)7-8-4(2)6/h4-6,8,10H,2-3,9H2,1H3;1-2H3/t4-,5-;/m0./s1. The van der Waals surface area contributed by atoms with Gasteiger partial charge in [-0.3, -0.25) is 5.09 Å². The van der Waals surface area contributed by atoms with E-state index in [0.29, 0.717) is 8.42 Å². The smallest absolute Gasteiger partial charge is 0.352 e. The summed E-state index contributed by atoms with van der Waals surface area (Å²) >= 11 is 0. The van der Waals surface area contributed by atoms with E-state index in [2.05, 4.69) is 28.7 Å². The zero-order chi connectivity index (χ0) is 14.1. The zero-order valence-electron chi connectivity index (χ0n) is 10.7. The van der Waals surface area contributed by atoms with E-state index in [0.717, 1.165) is 26.9 Å². The van der Waals surface area contributed by atoms with E-state index in [1.54, 1.807) is 0 Å². The number of likely N-dealkylation sites (tertiary alicyclic amines) is 1. The number of rotatable bonds is 2. The van der Waals surface area contributed by atoms with Crippen molar-refractivity contribution in [1.29, 1.82) is 0 Å². The van der Waals surface area contributed by atoms with Crippen LogP contribution in [0.25, 0.3) is 0 Å². The van der Waals surface area contributed by atoms with E-state index < -0.39 is 11.9 Å². The Morgan fingerprint density at radius 3 is 2.11 bits per heavy atom. The van der Waals surface area contributed by atoms with Gasteiger partial charge in [-0.05, 0) is 15.5 Å². The Balaban J connectivity index is 0.000000331. The van der Waals surface area contributed by atoms with Crippen molar-refractivity contribution in [2.75, 3.05) is 20.1 Å². The highest BCUT2D eigenvalue weighted by molar-refractivity contribution is 8.01. The summed E-state index contributed by atoms with van der Waals surface area (Å²) in [6, 6.07) is 0.279. The van der Waals surface area contributed by atoms with Crippen LogP contribution in [0, 0.1) is 0 Å². The number of aliphatic hydroxyl groups excluding tert-OH is 1.